The number of ether oxygens (including phenoxy) is 1. The smallest absolute Gasteiger partial charge is 0.280 e. The van der Waals surface area contributed by atoms with E-state index < -0.39 is 0 Å². The minimum Gasteiger partial charge on any atom is -0.481 e. The van der Waals surface area contributed by atoms with E-state index in [0.717, 1.165) is 31.8 Å². The minimum atomic E-state index is -0.315. The van der Waals surface area contributed by atoms with Crippen molar-refractivity contribution in [1.29, 1.82) is 0 Å². The van der Waals surface area contributed by atoms with Gasteiger partial charge in [0, 0.05) is 39.4 Å². The fourth-order valence-corrected chi connectivity index (χ4v) is 0.680. The van der Waals surface area contributed by atoms with E-state index in [1.54, 1.807) is 6.92 Å². The Balaban J connectivity index is -0.000000101. The van der Waals surface area contributed by atoms with E-state index in [-0.39, 0.29) is 37.9 Å². The third-order valence-electron chi connectivity index (χ3n) is 1.64. The summed E-state index contributed by atoms with van der Waals surface area (Å²) >= 11 is 0. The molecule has 0 aromatic rings. The Hall–Kier alpha value is -0.187. The molecule has 0 fully saturated rings. The Morgan fingerprint density at radius 3 is 1.60 bits per heavy atom. The van der Waals surface area contributed by atoms with Crippen molar-refractivity contribution in [3.8, 4) is 0 Å². The molecule has 6 heteroatoms. The van der Waals surface area contributed by atoms with Gasteiger partial charge in [0.25, 0.3) is 5.95 Å². The number of rotatable bonds is 7. The number of allylic oxidation sites excluding steroid dienone is 1. The molecule has 0 aromatic carbocycles. The van der Waals surface area contributed by atoms with Crippen LogP contribution in [0.25, 0.3) is 0 Å². The zero-order valence-electron chi connectivity index (χ0n) is 13.2. The Kier molecular flexibility index (Phi) is 38.1. The maximum Gasteiger partial charge on any atom is 0.280 e. The summed E-state index contributed by atoms with van der Waals surface area (Å²) in [6, 6.07) is 0. The average Bonchev–Trinajstić information content (AvgIpc) is 2.32. The van der Waals surface area contributed by atoms with E-state index in [1.807, 2.05) is 0 Å². The topological polar surface area (TPSA) is 87.0 Å². The van der Waals surface area contributed by atoms with Gasteiger partial charge < -0.3 is 20.1 Å². The molecule has 0 saturated carbocycles. The van der Waals surface area contributed by atoms with Crippen LogP contribution in [0.3, 0.4) is 0 Å². The summed E-state index contributed by atoms with van der Waals surface area (Å²) in [6.07, 6.45) is 5.11. The molecular formula is C14H30O5Zr. The molecule has 0 aliphatic rings. The zero-order valence-corrected chi connectivity index (χ0v) is 15.6. The molecule has 0 heterocycles. The maximum atomic E-state index is 10.2. The third kappa shape index (κ3) is 43.1. The van der Waals surface area contributed by atoms with Crippen molar-refractivity contribution in [3.63, 3.8) is 0 Å². The first kappa shape index (κ1) is 28.0. The Morgan fingerprint density at radius 2 is 1.45 bits per heavy atom. The number of aliphatic hydroxyl groups excluding tert-OH is 3. The summed E-state index contributed by atoms with van der Waals surface area (Å²) in [4.78, 5) is 10.2. The minimum absolute atomic E-state index is 0. The third-order valence-corrected chi connectivity index (χ3v) is 1.64. The van der Waals surface area contributed by atoms with Crippen molar-refractivity contribution < 1.29 is 51.1 Å². The van der Waals surface area contributed by atoms with Crippen molar-refractivity contribution in [2.24, 2.45) is 0 Å². The van der Waals surface area contributed by atoms with Gasteiger partial charge in [0.15, 0.2) is 5.78 Å². The van der Waals surface area contributed by atoms with Crippen LogP contribution >= 0.6 is 0 Å². The molecule has 0 amide bonds. The summed E-state index contributed by atoms with van der Waals surface area (Å²) in [5, 5.41) is 24.8. The molecule has 0 saturated heterocycles. The molecule has 0 rings (SSSR count). The first-order valence-corrected chi connectivity index (χ1v) is 6.75. The molecule has 0 radical (unpaired) electrons. The Labute approximate surface area is 142 Å². The average molecular weight is 370 g/mol. The molecule has 20 heavy (non-hydrogen) atoms. The van der Waals surface area contributed by atoms with Crippen LogP contribution in [0.1, 0.15) is 53.4 Å². The van der Waals surface area contributed by atoms with Crippen LogP contribution in [-0.2, 0) is 35.7 Å². The predicted octanol–water partition coefficient (Wildman–Crippen LogP) is 2.57. The van der Waals surface area contributed by atoms with Gasteiger partial charge in [-0.3, -0.25) is 4.79 Å². The van der Waals surface area contributed by atoms with Crippen molar-refractivity contribution in [2.45, 2.75) is 53.4 Å². The number of carbonyl (C=O) groups is 1. The molecule has 0 bridgehead atoms. The van der Waals surface area contributed by atoms with Gasteiger partial charge in [-0.15, -0.1) is 0 Å². The number of hydrogen-bond donors (Lipinski definition) is 3. The van der Waals surface area contributed by atoms with Crippen LogP contribution < -0.4 is 0 Å². The van der Waals surface area contributed by atoms with E-state index in [1.165, 1.54) is 6.92 Å². The normalized spacial score (nSPS) is 9.20. The van der Waals surface area contributed by atoms with Crippen LogP contribution in [0, 0.1) is 0 Å². The predicted molar refractivity (Wildman–Crippen MR) is 77.0 cm³/mol. The number of unbranched alkanes of at least 4 members (excludes halogenated alkanes) is 2. The van der Waals surface area contributed by atoms with Gasteiger partial charge >= 0.3 is 0 Å². The van der Waals surface area contributed by atoms with Gasteiger partial charge in [0.05, 0.1) is 12.7 Å². The molecule has 0 aliphatic carbocycles. The van der Waals surface area contributed by atoms with Crippen molar-refractivity contribution in [2.75, 3.05) is 19.8 Å². The van der Waals surface area contributed by atoms with E-state index >= 15 is 0 Å². The van der Waals surface area contributed by atoms with Gasteiger partial charge in [-0.25, -0.2) is 0 Å². The maximum absolute atomic E-state index is 10.2. The van der Waals surface area contributed by atoms with Crippen LogP contribution in [-0.4, -0.2) is 40.9 Å². The monoisotopic (exact) mass is 368 g/mol. The molecule has 0 atom stereocenters. The fraction of sp³-hybridized carbons (Fsp3) is 0.786. The summed E-state index contributed by atoms with van der Waals surface area (Å²) in [5.41, 5.74) is 0. The molecule has 0 spiro atoms. The first-order valence-electron chi connectivity index (χ1n) is 6.75. The molecule has 0 aliphatic heterocycles. The summed E-state index contributed by atoms with van der Waals surface area (Å²) < 4.78 is 4.55. The second-order valence-electron chi connectivity index (χ2n) is 3.68. The number of hydrogen-bond acceptors (Lipinski definition) is 5. The molecule has 120 valence electrons. The van der Waals surface area contributed by atoms with Crippen LogP contribution in [0.2, 0.25) is 0 Å². The van der Waals surface area contributed by atoms with E-state index in [4.69, 9.17) is 15.3 Å². The van der Waals surface area contributed by atoms with Gasteiger partial charge in [-0.05, 0) is 26.7 Å². The van der Waals surface area contributed by atoms with Gasteiger partial charge in [0.2, 0.25) is 0 Å². The zero-order chi connectivity index (χ0) is 15.5. The second kappa shape index (κ2) is 27.2. The summed E-state index contributed by atoms with van der Waals surface area (Å²) in [5.74, 6) is -0.536. The quantitative estimate of drug-likeness (QED) is 0.474. The van der Waals surface area contributed by atoms with E-state index in [9.17, 15) is 4.79 Å². The number of ketones is 1. The summed E-state index contributed by atoms with van der Waals surface area (Å²) in [7, 11) is 0. The Bertz CT molecular complexity index is 198. The van der Waals surface area contributed by atoms with Gasteiger partial charge in [-0.2, -0.15) is 0 Å². The fourth-order valence-electron chi connectivity index (χ4n) is 0.680. The molecule has 3 N–H and O–H groups in total. The van der Waals surface area contributed by atoms with E-state index in [0.29, 0.717) is 19.8 Å². The summed E-state index contributed by atoms with van der Waals surface area (Å²) in [6.45, 7) is 8.23. The van der Waals surface area contributed by atoms with Crippen LogP contribution in [0.5, 0.6) is 0 Å². The molecule has 0 unspecified atom stereocenters. The molecular weight excluding hydrogens is 339 g/mol. The number of carbonyl (C=O) groups excluding carboxylic acids is 1. The standard InChI is InChI=1S/C6H10O3.2C4H10O.Zr/c1-3-9-6(8)4-5(2)7;2*1-2-3-4-5;/h4,8H,3H2,1-2H3;2*5H,2-4H2,1H3;/b6-4+;;;. The van der Waals surface area contributed by atoms with Crippen molar-refractivity contribution in [1.82, 2.24) is 0 Å². The SMILES string of the molecule is CCCCO.CCCCO.CCO/C(O)=C/C(C)=O.[Zr]. The van der Waals surface area contributed by atoms with Crippen LogP contribution in [0.15, 0.2) is 12.0 Å². The Morgan fingerprint density at radius 1 is 1.05 bits per heavy atom. The van der Waals surface area contributed by atoms with E-state index in [2.05, 4.69) is 18.6 Å². The van der Waals surface area contributed by atoms with Crippen molar-refractivity contribution in [3.05, 3.63) is 12.0 Å². The number of aliphatic hydroxyl groups is 3. The van der Waals surface area contributed by atoms with Crippen molar-refractivity contribution >= 4 is 5.78 Å². The van der Waals surface area contributed by atoms with Gasteiger partial charge in [0.1, 0.15) is 0 Å². The first-order chi connectivity index (χ1) is 8.99. The van der Waals surface area contributed by atoms with Gasteiger partial charge in [-0.1, -0.05) is 26.7 Å². The van der Waals surface area contributed by atoms with Crippen LogP contribution in [0.4, 0.5) is 0 Å². The molecule has 0 aromatic heterocycles. The largest absolute Gasteiger partial charge is 0.481 e. The molecule has 5 nitrogen and oxygen atoms in total. The second-order valence-corrected chi connectivity index (χ2v) is 3.68.